The van der Waals surface area contributed by atoms with E-state index in [-0.39, 0.29) is 5.91 Å². The van der Waals surface area contributed by atoms with Gasteiger partial charge in [-0.3, -0.25) is 4.79 Å². The number of allylic oxidation sites excluding steroid dienone is 1. The summed E-state index contributed by atoms with van der Waals surface area (Å²) >= 11 is 3.15. The smallest absolute Gasteiger partial charge is 0.418 e. The van der Waals surface area contributed by atoms with Gasteiger partial charge >= 0.3 is 6.09 Å². The minimum atomic E-state index is -1.13. The maximum atomic E-state index is 14.5. The highest BCUT2D eigenvalue weighted by atomic mass is 32.2. The second kappa shape index (κ2) is 10.4. The number of amides is 2. The van der Waals surface area contributed by atoms with E-state index in [9.17, 15) is 9.59 Å². The molecule has 2 atom stereocenters. The van der Waals surface area contributed by atoms with Gasteiger partial charge in [0.25, 0.3) is 5.91 Å². The first kappa shape index (κ1) is 25.7. The SMILES string of the molecule is CS[C@@]1(C(=O)N2C(=O)OC(c3ccccc3)(c3ccccc3)[C@@H]2Cc2ccccc2)CC(C)=C(C)CS1. The van der Waals surface area contributed by atoms with Crippen LogP contribution in [0.2, 0.25) is 0 Å². The molecule has 37 heavy (non-hydrogen) atoms. The number of nitrogens with zero attached hydrogens (tertiary/aromatic N) is 1. The lowest BCUT2D eigenvalue weighted by molar-refractivity contribution is -0.129. The molecule has 0 saturated carbocycles. The molecule has 0 N–H and O–H groups in total. The zero-order valence-corrected chi connectivity index (χ0v) is 23.0. The van der Waals surface area contributed by atoms with Crippen molar-refractivity contribution < 1.29 is 14.3 Å². The molecule has 6 heteroatoms. The Hall–Kier alpha value is -2.96. The number of rotatable bonds is 6. The summed E-state index contributed by atoms with van der Waals surface area (Å²) < 4.78 is 5.63. The maximum Gasteiger partial charge on any atom is 0.418 e. The molecule has 2 amide bonds. The lowest BCUT2D eigenvalue weighted by Crippen LogP contribution is -2.54. The number of cyclic esters (lactones) is 1. The lowest BCUT2D eigenvalue weighted by Gasteiger charge is -2.40. The van der Waals surface area contributed by atoms with Gasteiger partial charge in [0, 0.05) is 23.3 Å². The summed E-state index contributed by atoms with van der Waals surface area (Å²) in [4.78, 5) is 29.8. The fourth-order valence-electron chi connectivity index (χ4n) is 5.34. The average Bonchev–Trinajstić information content (AvgIpc) is 3.23. The molecule has 2 aliphatic rings. The molecule has 0 aliphatic carbocycles. The summed E-state index contributed by atoms with van der Waals surface area (Å²) in [6, 6.07) is 29.2. The van der Waals surface area contributed by atoms with E-state index in [1.165, 1.54) is 27.8 Å². The molecule has 2 aliphatic heterocycles. The first-order valence-electron chi connectivity index (χ1n) is 12.5. The lowest BCUT2D eigenvalue weighted by atomic mass is 9.77. The molecule has 190 valence electrons. The monoisotopic (exact) mass is 529 g/mol. The Labute approximate surface area is 227 Å². The molecule has 0 radical (unpaired) electrons. The van der Waals surface area contributed by atoms with E-state index >= 15 is 0 Å². The zero-order valence-electron chi connectivity index (χ0n) is 21.3. The normalized spacial score (nSPS) is 23.2. The summed E-state index contributed by atoms with van der Waals surface area (Å²) in [6.07, 6.45) is 2.46. The van der Waals surface area contributed by atoms with Gasteiger partial charge in [0.15, 0.2) is 5.60 Å². The predicted molar refractivity (Wildman–Crippen MR) is 153 cm³/mol. The molecule has 0 bridgehead atoms. The molecule has 3 aromatic carbocycles. The van der Waals surface area contributed by atoms with Crippen molar-refractivity contribution in [3.63, 3.8) is 0 Å². The van der Waals surface area contributed by atoms with Crippen LogP contribution in [0.1, 0.15) is 37.0 Å². The van der Waals surface area contributed by atoms with Gasteiger partial charge < -0.3 is 4.74 Å². The maximum absolute atomic E-state index is 14.5. The van der Waals surface area contributed by atoms with Gasteiger partial charge in [-0.25, -0.2) is 9.69 Å². The average molecular weight is 530 g/mol. The Balaban J connectivity index is 1.69. The topological polar surface area (TPSA) is 46.6 Å². The Morgan fingerprint density at radius 3 is 1.97 bits per heavy atom. The Kier molecular flexibility index (Phi) is 7.24. The first-order chi connectivity index (χ1) is 17.9. The van der Waals surface area contributed by atoms with Crippen LogP contribution >= 0.6 is 23.5 Å². The number of hydrogen-bond acceptors (Lipinski definition) is 5. The number of carbonyl (C=O) groups is 2. The zero-order chi connectivity index (χ0) is 26.0. The molecule has 5 rings (SSSR count). The third-order valence-electron chi connectivity index (χ3n) is 7.53. The van der Waals surface area contributed by atoms with Crippen LogP contribution in [0.15, 0.2) is 102 Å². The number of thioether (sulfide) groups is 2. The van der Waals surface area contributed by atoms with Gasteiger partial charge in [-0.15, -0.1) is 23.5 Å². The molecule has 1 fully saturated rings. The molecule has 0 aromatic heterocycles. The van der Waals surface area contributed by atoms with Crippen LogP contribution < -0.4 is 0 Å². The van der Waals surface area contributed by atoms with E-state index in [0.717, 1.165) is 22.4 Å². The Morgan fingerprint density at radius 1 is 0.919 bits per heavy atom. The minimum absolute atomic E-state index is 0.184. The van der Waals surface area contributed by atoms with E-state index in [4.69, 9.17) is 4.74 Å². The number of benzene rings is 3. The summed E-state index contributed by atoms with van der Waals surface area (Å²) in [5.41, 5.74) is 4.13. The van der Waals surface area contributed by atoms with Crippen LogP contribution in [-0.2, 0) is 21.6 Å². The van der Waals surface area contributed by atoms with E-state index in [1.54, 1.807) is 11.8 Å². The number of imide groups is 1. The van der Waals surface area contributed by atoms with Gasteiger partial charge in [-0.1, -0.05) is 102 Å². The molecule has 0 spiro atoms. The second-order valence-electron chi connectivity index (χ2n) is 9.70. The highest BCUT2D eigenvalue weighted by molar-refractivity contribution is 8.19. The second-order valence-corrected chi connectivity index (χ2v) is 12.3. The molecule has 1 saturated heterocycles. The molecule has 2 heterocycles. The van der Waals surface area contributed by atoms with Crippen molar-refractivity contribution in [2.75, 3.05) is 12.0 Å². The summed E-state index contributed by atoms with van der Waals surface area (Å²) in [7, 11) is 0. The molecular weight excluding hydrogens is 498 g/mol. The Morgan fingerprint density at radius 2 is 1.46 bits per heavy atom. The van der Waals surface area contributed by atoms with Gasteiger partial charge in [-0.05, 0) is 32.1 Å². The van der Waals surface area contributed by atoms with Crippen molar-refractivity contribution in [2.24, 2.45) is 0 Å². The van der Waals surface area contributed by atoms with Gasteiger partial charge in [0.1, 0.15) is 4.08 Å². The third kappa shape index (κ3) is 4.51. The summed E-state index contributed by atoms with van der Waals surface area (Å²) in [6.45, 7) is 4.21. The van der Waals surface area contributed by atoms with E-state index in [0.29, 0.717) is 12.8 Å². The van der Waals surface area contributed by atoms with Gasteiger partial charge in [-0.2, -0.15) is 0 Å². The predicted octanol–water partition coefficient (Wildman–Crippen LogP) is 7.05. The highest BCUT2D eigenvalue weighted by Crippen LogP contribution is 2.52. The molecule has 3 aromatic rings. The van der Waals surface area contributed by atoms with Crippen LogP contribution in [-0.4, -0.2) is 39.0 Å². The third-order valence-corrected chi connectivity index (χ3v) is 10.7. The summed E-state index contributed by atoms with van der Waals surface area (Å²) in [5.74, 6) is 0.587. The number of hydrogen-bond donors (Lipinski definition) is 0. The quantitative estimate of drug-likeness (QED) is 0.320. The van der Waals surface area contributed by atoms with Crippen LogP contribution in [0.5, 0.6) is 0 Å². The van der Waals surface area contributed by atoms with Crippen molar-refractivity contribution in [1.29, 1.82) is 0 Å². The van der Waals surface area contributed by atoms with E-state index in [2.05, 4.69) is 13.8 Å². The fourth-order valence-corrected chi connectivity index (χ4v) is 7.86. The van der Waals surface area contributed by atoms with E-state index < -0.39 is 21.8 Å². The molecular formula is C31H31NO3S2. The van der Waals surface area contributed by atoms with Gasteiger partial charge in [0.05, 0.1) is 6.04 Å². The highest BCUT2D eigenvalue weighted by Gasteiger charge is 2.61. The Bertz CT molecular complexity index is 1270. The van der Waals surface area contributed by atoms with E-state index in [1.807, 2.05) is 97.3 Å². The molecule has 4 nitrogen and oxygen atoms in total. The first-order valence-corrected chi connectivity index (χ1v) is 14.7. The van der Waals surface area contributed by atoms with Crippen LogP contribution in [0, 0.1) is 0 Å². The molecule has 0 unspecified atom stereocenters. The van der Waals surface area contributed by atoms with Crippen molar-refractivity contribution in [2.45, 2.75) is 42.4 Å². The van der Waals surface area contributed by atoms with Crippen LogP contribution in [0.25, 0.3) is 0 Å². The summed E-state index contributed by atoms with van der Waals surface area (Å²) in [5, 5.41) is 0. The van der Waals surface area contributed by atoms with Crippen LogP contribution in [0.4, 0.5) is 4.79 Å². The minimum Gasteiger partial charge on any atom is -0.430 e. The van der Waals surface area contributed by atoms with Crippen molar-refractivity contribution in [3.05, 3.63) is 119 Å². The largest absolute Gasteiger partial charge is 0.430 e. The van der Waals surface area contributed by atoms with Crippen molar-refractivity contribution in [3.8, 4) is 0 Å². The van der Waals surface area contributed by atoms with Crippen molar-refractivity contribution in [1.82, 2.24) is 4.90 Å². The van der Waals surface area contributed by atoms with Crippen LogP contribution in [0.3, 0.4) is 0 Å². The fraction of sp³-hybridized carbons (Fsp3) is 0.290. The van der Waals surface area contributed by atoms with Gasteiger partial charge in [0.2, 0.25) is 0 Å². The van der Waals surface area contributed by atoms with Crippen molar-refractivity contribution >= 4 is 35.5 Å². The number of carbonyl (C=O) groups excluding carboxylic acids is 2. The number of ether oxygens (including phenoxy) is 1. The standard InChI is InChI=1S/C31H31NO3S2/c1-22-20-30(36-3,37-21-23(22)2)28(33)32-27(19-24-13-7-4-8-14-24)31(35-29(32)34,25-15-9-5-10-16-25)26-17-11-6-12-18-26/h4-18,27H,19-21H2,1-3H3/t27-,30-/m0/s1.